The van der Waals surface area contributed by atoms with Crippen LogP contribution in [0.15, 0.2) is 33.5 Å². The maximum absolute atomic E-state index is 12.8. The maximum Gasteiger partial charge on any atom is 0.337 e. The van der Waals surface area contributed by atoms with Gasteiger partial charge >= 0.3 is 5.63 Å². The Labute approximate surface area is 134 Å². The average Bonchev–Trinajstić information content (AvgIpc) is 2.59. The van der Waals surface area contributed by atoms with Crippen LogP contribution in [-0.4, -0.2) is 55.5 Å². The molecule has 122 valence electrons. The lowest BCUT2D eigenvalue weighted by Crippen LogP contribution is -2.48. The number of carbonyl (C=O) groups is 1. The third-order valence-corrected chi connectivity index (χ3v) is 4.29. The Morgan fingerprint density at radius 1 is 1.22 bits per heavy atom. The van der Waals surface area contributed by atoms with Gasteiger partial charge in [0.2, 0.25) is 0 Å². The maximum atomic E-state index is 12.8. The molecule has 1 fully saturated rings. The molecule has 1 aliphatic rings. The van der Waals surface area contributed by atoms with E-state index < -0.39 is 5.63 Å². The standard InChI is InChI=1S/C17H20N2O4/c1-3-18-6-8-19(9-7-18)17(21)14-11-16(20)23-15-10-12(22-2)4-5-13(14)15/h4-5,10-11H,3,6-9H2,1-2H3. The van der Waals surface area contributed by atoms with Crippen LogP contribution in [0.3, 0.4) is 0 Å². The van der Waals surface area contributed by atoms with Crippen LogP contribution in [0.2, 0.25) is 0 Å². The molecule has 1 aliphatic heterocycles. The van der Waals surface area contributed by atoms with Crippen molar-refractivity contribution in [2.75, 3.05) is 39.8 Å². The summed E-state index contributed by atoms with van der Waals surface area (Å²) in [6.45, 7) is 6.15. The highest BCUT2D eigenvalue weighted by atomic mass is 16.5. The van der Waals surface area contributed by atoms with Crippen LogP contribution in [0.1, 0.15) is 17.3 Å². The number of fused-ring (bicyclic) bond motifs is 1. The van der Waals surface area contributed by atoms with Gasteiger partial charge < -0.3 is 19.0 Å². The summed E-state index contributed by atoms with van der Waals surface area (Å²) in [5.41, 5.74) is 0.234. The first-order valence-electron chi connectivity index (χ1n) is 7.76. The number of carbonyl (C=O) groups excluding carboxylic acids is 1. The highest BCUT2D eigenvalue weighted by molar-refractivity contribution is 6.05. The number of hydrogen-bond donors (Lipinski definition) is 0. The number of rotatable bonds is 3. The molecule has 6 nitrogen and oxygen atoms in total. The number of amides is 1. The zero-order valence-corrected chi connectivity index (χ0v) is 13.4. The first-order chi connectivity index (χ1) is 11.1. The highest BCUT2D eigenvalue weighted by Gasteiger charge is 2.23. The van der Waals surface area contributed by atoms with E-state index in [1.54, 1.807) is 30.2 Å². The predicted molar refractivity (Wildman–Crippen MR) is 87.1 cm³/mol. The van der Waals surface area contributed by atoms with Crippen LogP contribution in [0, 0.1) is 0 Å². The third kappa shape index (κ3) is 3.07. The van der Waals surface area contributed by atoms with E-state index in [4.69, 9.17) is 9.15 Å². The largest absolute Gasteiger partial charge is 0.497 e. The van der Waals surface area contributed by atoms with Crippen molar-refractivity contribution in [3.63, 3.8) is 0 Å². The van der Waals surface area contributed by atoms with Crippen molar-refractivity contribution in [2.24, 2.45) is 0 Å². The van der Waals surface area contributed by atoms with E-state index in [2.05, 4.69) is 11.8 Å². The van der Waals surface area contributed by atoms with Crippen LogP contribution in [-0.2, 0) is 0 Å². The van der Waals surface area contributed by atoms with Gasteiger partial charge in [-0.2, -0.15) is 0 Å². The zero-order chi connectivity index (χ0) is 16.4. The van der Waals surface area contributed by atoms with E-state index in [0.29, 0.717) is 35.4 Å². The van der Waals surface area contributed by atoms with Crippen LogP contribution >= 0.6 is 0 Å². The molecule has 3 rings (SSSR count). The molecule has 0 saturated carbocycles. The lowest BCUT2D eigenvalue weighted by molar-refractivity contribution is 0.0644. The van der Waals surface area contributed by atoms with Crippen molar-refractivity contribution < 1.29 is 13.9 Å². The van der Waals surface area contributed by atoms with Gasteiger partial charge in [-0.15, -0.1) is 0 Å². The van der Waals surface area contributed by atoms with Crippen LogP contribution in [0.4, 0.5) is 0 Å². The molecule has 2 aromatic rings. The Kier molecular flexibility index (Phi) is 4.34. The minimum atomic E-state index is -0.527. The molecule has 1 aromatic heterocycles. The zero-order valence-electron chi connectivity index (χ0n) is 13.4. The van der Waals surface area contributed by atoms with Gasteiger partial charge in [0, 0.05) is 43.7 Å². The van der Waals surface area contributed by atoms with Crippen molar-refractivity contribution in [1.29, 1.82) is 0 Å². The molecule has 1 saturated heterocycles. The summed E-state index contributed by atoms with van der Waals surface area (Å²) in [4.78, 5) is 28.7. The molecule has 23 heavy (non-hydrogen) atoms. The van der Waals surface area contributed by atoms with Gasteiger partial charge in [0.25, 0.3) is 5.91 Å². The summed E-state index contributed by atoms with van der Waals surface area (Å²) < 4.78 is 10.3. The smallest absolute Gasteiger partial charge is 0.337 e. The summed E-state index contributed by atoms with van der Waals surface area (Å²) in [5, 5.41) is 0.633. The first kappa shape index (κ1) is 15.6. The highest BCUT2D eigenvalue weighted by Crippen LogP contribution is 2.23. The monoisotopic (exact) mass is 316 g/mol. The molecule has 0 atom stereocenters. The van der Waals surface area contributed by atoms with Crippen molar-refractivity contribution in [3.8, 4) is 5.75 Å². The Balaban J connectivity index is 1.96. The van der Waals surface area contributed by atoms with E-state index in [1.807, 2.05) is 0 Å². The Hall–Kier alpha value is -2.34. The lowest BCUT2D eigenvalue weighted by atomic mass is 10.1. The summed E-state index contributed by atoms with van der Waals surface area (Å²) in [6, 6.07) is 6.42. The molecule has 0 unspecified atom stereocenters. The summed E-state index contributed by atoms with van der Waals surface area (Å²) in [7, 11) is 1.54. The van der Waals surface area contributed by atoms with E-state index in [1.165, 1.54) is 6.07 Å². The van der Waals surface area contributed by atoms with E-state index in [9.17, 15) is 9.59 Å². The van der Waals surface area contributed by atoms with Gasteiger partial charge in [0.15, 0.2) is 0 Å². The van der Waals surface area contributed by atoms with Gasteiger partial charge in [-0.3, -0.25) is 4.79 Å². The number of nitrogens with zero attached hydrogens (tertiary/aromatic N) is 2. The van der Waals surface area contributed by atoms with E-state index >= 15 is 0 Å². The molecule has 0 N–H and O–H groups in total. The number of ether oxygens (including phenoxy) is 1. The van der Waals surface area contributed by atoms with Gasteiger partial charge in [-0.1, -0.05) is 6.92 Å². The van der Waals surface area contributed by atoms with Gasteiger partial charge in [-0.25, -0.2) is 4.79 Å². The van der Waals surface area contributed by atoms with Gasteiger partial charge in [0.05, 0.1) is 12.7 Å². The Morgan fingerprint density at radius 2 is 1.96 bits per heavy atom. The van der Waals surface area contributed by atoms with Crippen LogP contribution < -0.4 is 10.4 Å². The minimum absolute atomic E-state index is 0.121. The molecule has 6 heteroatoms. The molecule has 0 radical (unpaired) electrons. The van der Waals surface area contributed by atoms with Crippen molar-refractivity contribution in [2.45, 2.75) is 6.92 Å². The fraction of sp³-hybridized carbons (Fsp3) is 0.412. The van der Waals surface area contributed by atoms with E-state index in [-0.39, 0.29) is 5.91 Å². The summed E-state index contributed by atoms with van der Waals surface area (Å²) >= 11 is 0. The summed E-state index contributed by atoms with van der Waals surface area (Å²) in [5.74, 6) is 0.464. The normalized spacial score (nSPS) is 15.8. The fourth-order valence-corrected chi connectivity index (χ4v) is 2.88. The molecular weight excluding hydrogens is 296 g/mol. The molecular formula is C17H20N2O4. The van der Waals surface area contributed by atoms with Crippen molar-refractivity contribution in [1.82, 2.24) is 9.80 Å². The topological polar surface area (TPSA) is 63.0 Å². The Bertz CT molecular complexity index is 776. The molecule has 0 spiro atoms. The molecule has 2 heterocycles. The lowest BCUT2D eigenvalue weighted by Gasteiger charge is -2.34. The van der Waals surface area contributed by atoms with Crippen molar-refractivity contribution in [3.05, 3.63) is 40.2 Å². The second-order valence-electron chi connectivity index (χ2n) is 5.57. The second-order valence-corrected chi connectivity index (χ2v) is 5.57. The molecule has 1 amide bonds. The molecule has 1 aromatic carbocycles. The van der Waals surface area contributed by atoms with Gasteiger partial charge in [0.1, 0.15) is 11.3 Å². The van der Waals surface area contributed by atoms with Crippen molar-refractivity contribution >= 4 is 16.9 Å². The third-order valence-electron chi connectivity index (χ3n) is 4.29. The van der Waals surface area contributed by atoms with Crippen LogP contribution in [0.5, 0.6) is 5.75 Å². The number of likely N-dealkylation sites (N-methyl/N-ethyl adjacent to an activating group) is 1. The second kappa shape index (κ2) is 6.42. The first-order valence-corrected chi connectivity index (χ1v) is 7.76. The summed E-state index contributed by atoms with van der Waals surface area (Å²) in [6.07, 6.45) is 0. The predicted octanol–water partition coefficient (Wildman–Crippen LogP) is 1.58. The van der Waals surface area contributed by atoms with Crippen LogP contribution in [0.25, 0.3) is 11.0 Å². The number of methoxy groups -OCH3 is 1. The fourth-order valence-electron chi connectivity index (χ4n) is 2.88. The molecule has 0 aliphatic carbocycles. The van der Waals surface area contributed by atoms with E-state index in [0.717, 1.165) is 19.6 Å². The number of hydrogen-bond acceptors (Lipinski definition) is 5. The minimum Gasteiger partial charge on any atom is -0.497 e. The number of benzene rings is 1. The van der Waals surface area contributed by atoms with Gasteiger partial charge in [-0.05, 0) is 18.7 Å². The Morgan fingerprint density at radius 3 is 2.61 bits per heavy atom. The average molecular weight is 316 g/mol. The number of piperazine rings is 1. The quantitative estimate of drug-likeness (QED) is 0.805. The molecule has 0 bridgehead atoms. The SMILES string of the molecule is CCN1CCN(C(=O)c2cc(=O)oc3cc(OC)ccc23)CC1.